The molecule has 1 nitrogen and oxygen atoms in total. The third-order valence-corrected chi connectivity index (χ3v) is 0. The zero-order valence-corrected chi connectivity index (χ0v) is 13.9. The fourth-order valence-electron chi connectivity index (χ4n) is 0. The van der Waals surface area contributed by atoms with Gasteiger partial charge < -0.3 is 4.48 Å². The molecule has 0 saturated carbocycles. The third kappa shape index (κ3) is 273. The van der Waals surface area contributed by atoms with E-state index in [9.17, 15) is 0 Å². The van der Waals surface area contributed by atoms with Crippen molar-refractivity contribution in [1.29, 1.82) is 0 Å². The first-order valence-electron chi connectivity index (χ1n) is 2.80. The van der Waals surface area contributed by atoms with Crippen LogP contribution < -0.4 is 0 Å². The number of hydrogen-bond acceptors (Lipinski definition) is 0. The molecule has 0 aliphatic rings. The SMILES string of the molecule is C[N+](C)(C)C.[Cl][Nb-]([Cl])([Cl])([Cl])([Cl])[Cl]. The van der Waals surface area contributed by atoms with Crippen molar-refractivity contribution in [2.24, 2.45) is 0 Å². The Labute approximate surface area is 94.7 Å². The van der Waals surface area contributed by atoms with E-state index < -0.39 is 8.02 Å². The van der Waals surface area contributed by atoms with Crippen molar-refractivity contribution < 1.29 is 12.5 Å². The monoisotopic (exact) mass is 377 g/mol. The minimum absolute atomic E-state index is 1.00. The molecule has 0 aliphatic heterocycles. The van der Waals surface area contributed by atoms with Gasteiger partial charge in [-0.2, -0.15) is 0 Å². The van der Waals surface area contributed by atoms with Gasteiger partial charge in [0.15, 0.2) is 0 Å². The molecule has 0 aromatic heterocycles. The molecule has 0 saturated heterocycles. The quantitative estimate of drug-likeness (QED) is 0.431. The van der Waals surface area contributed by atoms with Crippen molar-refractivity contribution in [3.63, 3.8) is 0 Å². The number of hydrogen-bond donors (Lipinski definition) is 0. The summed E-state index contributed by atoms with van der Waals surface area (Å²) in [7, 11) is 33.5. The molecule has 0 atom stereocenters. The van der Waals surface area contributed by atoms with E-state index >= 15 is 0 Å². The van der Waals surface area contributed by atoms with Gasteiger partial charge in [0.2, 0.25) is 0 Å². The molecule has 12 heavy (non-hydrogen) atoms. The van der Waals surface area contributed by atoms with Crippen LogP contribution >= 0.6 is 55.1 Å². The summed E-state index contributed by atoms with van der Waals surface area (Å²) >= 11 is 0. The summed E-state index contributed by atoms with van der Waals surface area (Å²) in [5.74, 6) is 0. The van der Waals surface area contributed by atoms with Crippen LogP contribution in [0.25, 0.3) is 0 Å². The molecular weight excluding hydrogens is 368 g/mol. The second kappa shape index (κ2) is 3.79. The third-order valence-electron chi connectivity index (χ3n) is 0. The zero-order chi connectivity index (χ0) is 10.9. The van der Waals surface area contributed by atoms with Crippen LogP contribution in [0.5, 0.6) is 0 Å². The molecular formula is C4H12Cl6NNb. The van der Waals surface area contributed by atoms with Gasteiger partial charge in [0.05, 0.1) is 28.2 Å². The van der Waals surface area contributed by atoms with Gasteiger partial charge in [0, 0.05) is 0 Å². The fraction of sp³-hybridized carbons (Fsp3) is 1.00. The van der Waals surface area contributed by atoms with E-state index in [0.29, 0.717) is 0 Å². The first-order valence-corrected chi connectivity index (χ1v) is 19.8. The van der Waals surface area contributed by atoms with Gasteiger partial charge in [-0.15, -0.1) is 0 Å². The second-order valence-electron chi connectivity index (χ2n) is 3.64. The van der Waals surface area contributed by atoms with E-state index in [1.807, 2.05) is 0 Å². The summed E-state index contributed by atoms with van der Waals surface area (Å²) in [6.45, 7) is 0. The van der Waals surface area contributed by atoms with Gasteiger partial charge >= 0.3 is 63.2 Å². The number of nitrogens with zero attached hydrogens (tertiary/aromatic N) is 1. The maximum absolute atomic E-state index is 5.42. The molecule has 0 unspecified atom stereocenters. The van der Waals surface area contributed by atoms with Crippen LogP contribution in [0.3, 0.4) is 0 Å². The Bertz CT molecular complexity index is 130. The van der Waals surface area contributed by atoms with E-state index in [2.05, 4.69) is 28.2 Å². The first kappa shape index (κ1) is 16.9. The van der Waals surface area contributed by atoms with E-state index in [-0.39, 0.29) is 0 Å². The van der Waals surface area contributed by atoms with E-state index in [1.54, 1.807) is 0 Å². The van der Waals surface area contributed by atoms with Crippen LogP contribution in [-0.4, -0.2) is 32.7 Å². The summed E-state index contributed by atoms with van der Waals surface area (Å²) in [5.41, 5.74) is 0. The average molecular weight is 380 g/mol. The summed E-state index contributed by atoms with van der Waals surface area (Å²) in [5, 5.41) is 0. The van der Waals surface area contributed by atoms with Crippen molar-refractivity contribution in [1.82, 2.24) is 0 Å². The average Bonchev–Trinajstić information content (AvgIpc) is 1.04. The van der Waals surface area contributed by atoms with Gasteiger partial charge in [-0.25, -0.2) is 0 Å². The second-order valence-corrected chi connectivity index (χ2v) is 53.7. The van der Waals surface area contributed by atoms with Crippen molar-refractivity contribution in [2.75, 3.05) is 28.2 Å². The van der Waals surface area contributed by atoms with Crippen molar-refractivity contribution in [3.05, 3.63) is 0 Å². The molecule has 0 spiro atoms. The molecule has 0 aliphatic carbocycles. The maximum atomic E-state index is 5.06. The Kier molecular flexibility index (Phi) is 5.32. The van der Waals surface area contributed by atoms with E-state index in [0.717, 1.165) is 4.48 Å². The number of quaternary nitrogens is 1. The molecule has 0 bridgehead atoms. The molecule has 0 aromatic carbocycles. The number of halogens is 6. The van der Waals surface area contributed by atoms with Gasteiger partial charge in [0.1, 0.15) is 0 Å². The van der Waals surface area contributed by atoms with Gasteiger partial charge in [-0.3, -0.25) is 0 Å². The summed E-state index contributed by atoms with van der Waals surface area (Å²) in [6.07, 6.45) is 0. The molecule has 0 aromatic rings. The molecule has 0 amide bonds. The van der Waals surface area contributed by atoms with Crippen LogP contribution in [0, 0.1) is 0 Å². The van der Waals surface area contributed by atoms with Crippen molar-refractivity contribution in [3.8, 4) is 0 Å². The van der Waals surface area contributed by atoms with Crippen LogP contribution in [0.1, 0.15) is 0 Å². The van der Waals surface area contributed by atoms with Crippen LogP contribution in [-0.2, 0) is 8.02 Å². The summed E-state index contributed by atoms with van der Waals surface area (Å²) in [6, 6.07) is 0. The van der Waals surface area contributed by atoms with Crippen molar-refractivity contribution >= 4 is 55.1 Å². The molecule has 8 heteroatoms. The van der Waals surface area contributed by atoms with Crippen LogP contribution in [0.2, 0.25) is 0 Å². The summed E-state index contributed by atoms with van der Waals surface area (Å²) in [4.78, 5) is 0. The van der Waals surface area contributed by atoms with Gasteiger partial charge in [-0.1, -0.05) is 0 Å². The molecule has 0 N–H and O–H groups in total. The molecule has 80 valence electrons. The summed E-state index contributed by atoms with van der Waals surface area (Å²) < 4.78 is 1.00. The van der Waals surface area contributed by atoms with E-state index in [1.165, 1.54) is 0 Å². The van der Waals surface area contributed by atoms with Gasteiger partial charge in [0.25, 0.3) is 0 Å². The minimum atomic E-state index is -5.42. The molecule has 0 rings (SSSR count). The first-order chi connectivity index (χ1) is 4.45. The topological polar surface area (TPSA) is 0 Å². The Morgan fingerprint density at radius 3 is 0.667 bits per heavy atom. The van der Waals surface area contributed by atoms with Crippen molar-refractivity contribution in [2.45, 2.75) is 0 Å². The van der Waals surface area contributed by atoms with Crippen LogP contribution in [0.15, 0.2) is 0 Å². The molecule has 0 fully saturated rings. The predicted octanol–water partition coefficient (Wildman–Crippen LogP) is 4.46. The Balaban J connectivity index is 0. The molecule has 0 heterocycles. The van der Waals surface area contributed by atoms with Crippen LogP contribution in [0.4, 0.5) is 0 Å². The predicted molar refractivity (Wildman–Crippen MR) is 59.1 cm³/mol. The number of rotatable bonds is 0. The normalized spacial score (nSPS) is 18.5. The Morgan fingerprint density at radius 1 is 0.667 bits per heavy atom. The standard InChI is InChI=1S/C4H12N.6ClH.Nb/c1-5(2,3)4;;;;;;;/h1-4H3;6*1H;/q+1;;;;;;;+5/p-6. The Hall–Kier alpha value is 2.44. The van der Waals surface area contributed by atoms with Gasteiger partial charge in [-0.05, 0) is 0 Å². The molecule has 0 radical (unpaired) electrons. The van der Waals surface area contributed by atoms with E-state index in [4.69, 9.17) is 55.1 Å². The zero-order valence-electron chi connectivity index (χ0n) is 7.16. The fourth-order valence-corrected chi connectivity index (χ4v) is 0. The Morgan fingerprint density at radius 2 is 0.667 bits per heavy atom.